The number of fused-ring (bicyclic) bond motifs is 1. The predicted molar refractivity (Wildman–Crippen MR) is 78.1 cm³/mol. The summed E-state index contributed by atoms with van der Waals surface area (Å²) in [5, 5.41) is 0.313. The lowest BCUT2D eigenvalue weighted by atomic mass is 9.80. The third-order valence-electron chi connectivity index (χ3n) is 4.29. The van der Waals surface area contributed by atoms with Crippen LogP contribution in [0.1, 0.15) is 38.8 Å². The fourth-order valence-corrected chi connectivity index (χ4v) is 4.06. The monoisotopic (exact) mass is 298 g/mol. The van der Waals surface area contributed by atoms with Crippen molar-refractivity contribution in [3.63, 3.8) is 0 Å². The number of hydrogen-bond donors (Lipinski definition) is 0. The molecular formula is C14H19ClN2OS. The van der Waals surface area contributed by atoms with Crippen LogP contribution in [0, 0.1) is 11.8 Å². The van der Waals surface area contributed by atoms with Crippen LogP contribution in [0.25, 0.3) is 0 Å². The van der Waals surface area contributed by atoms with E-state index < -0.39 is 0 Å². The molecule has 104 valence electrons. The van der Waals surface area contributed by atoms with Gasteiger partial charge in [0.05, 0.1) is 10.6 Å². The Labute approximate surface area is 123 Å². The van der Waals surface area contributed by atoms with Crippen molar-refractivity contribution in [2.45, 2.75) is 50.5 Å². The van der Waals surface area contributed by atoms with Gasteiger partial charge in [0.2, 0.25) is 11.2 Å². The molecule has 3 unspecified atom stereocenters. The Bertz CT molecular complexity index is 483. The molecule has 0 N–H and O–H groups in total. The summed E-state index contributed by atoms with van der Waals surface area (Å²) in [4.78, 5) is 9.69. The Morgan fingerprint density at radius 3 is 2.84 bits per heavy atom. The Balaban J connectivity index is 1.77. The number of thioether (sulfide) groups is 1. The average molecular weight is 299 g/mol. The van der Waals surface area contributed by atoms with E-state index in [1.807, 2.05) is 0 Å². The van der Waals surface area contributed by atoms with Gasteiger partial charge in [-0.1, -0.05) is 13.8 Å². The SMILES string of the molecule is CC1CCC(Oc2nc(Cl)nc3c2SCC3)CC1C. The summed E-state index contributed by atoms with van der Waals surface area (Å²) in [5.74, 6) is 3.29. The van der Waals surface area contributed by atoms with Gasteiger partial charge in [-0.15, -0.1) is 11.8 Å². The van der Waals surface area contributed by atoms with Crippen molar-refractivity contribution in [1.82, 2.24) is 9.97 Å². The van der Waals surface area contributed by atoms with Crippen molar-refractivity contribution >= 4 is 23.4 Å². The molecule has 0 aromatic carbocycles. The zero-order valence-corrected chi connectivity index (χ0v) is 12.9. The lowest BCUT2D eigenvalue weighted by molar-refractivity contribution is 0.0934. The van der Waals surface area contributed by atoms with Crippen LogP contribution in [-0.2, 0) is 6.42 Å². The van der Waals surface area contributed by atoms with E-state index >= 15 is 0 Å². The largest absolute Gasteiger partial charge is 0.473 e. The Morgan fingerprint density at radius 1 is 1.21 bits per heavy atom. The molecule has 1 fully saturated rings. The van der Waals surface area contributed by atoms with E-state index in [0.717, 1.165) is 47.4 Å². The van der Waals surface area contributed by atoms with Crippen molar-refractivity contribution in [1.29, 1.82) is 0 Å². The molecule has 19 heavy (non-hydrogen) atoms. The molecule has 1 saturated carbocycles. The minimum Gasteiger partial charge on any atom is -0.473 e. The molecule has 2 heterocycles. The van der Waals surface area contributed by atoms with E-state index in [0.29, 0.717) is 11.2 Å². The second-order valence-electron chi connectivity index (χ2n) is 5.68. The summed E-state index contributed by atoms with van der Waals surface area (Å²) in [6, 6.07) is 0. The van der Waals surface area contributed by atoms with Gasteiger partial charge in [-0.05, 0) is 42.7 Å². The zero-order valence-electron chi connectivity index (χ0n) is 11.4. The van der Waals surface area contributed by atoms with Crippen LogP contribution in [0.2, 0.25) is 5.28 Å². The quantitative estimate of drug-likeness (QED) is 0.774. The summed E-state index contributed by atoms with van der Waals surface area (Å²) in [6.07, 6.45) is 4.72. The standard InChI is InChI=1S/C14H19ClN2OS/c1-8-3-4-10(7-9(8)2)18-13-12-11(5-6-19-12)16-14(15)17-13/h8-10H,3-7H2,1-2H3. The van der Waals surface area contributed by atoms with Crippen LogP contribution in [0.5, 0.6) is 5.88 Å². The zero-order chi connectivity index (χ0) is 13.4. The maximum atomic E-state index is 6.14. The molecule has 0 bridgehead atoms. The molecule has 0 saturated heterocycles. The molecule has 2 aliphatic rings. The maximum Gasteiger partial charge on any atom is 0.232 e. The van der Waals surface area contributed by atoms with E-state index in [1.165, 1.54) is 6.42 Å². The molecule has 1 aromatic heterocycles. The van der Waals surface area contributed by atoms with Crippen LogP contribution < -0.4 is 4.74 Å². The number of hydrogen-bond acceptors (Lipinski definition) is 4. The first-order valence-corrected chi connectivity index (χ1v) is 8.35. The van der Waals surface area contributed by atoms with Gasteiger partial charge in [-0.2, -0.15) is 4.98 Å². The number of nitrogens with zero attached hydrogens (tertiary/aromatic N) is 2. The second-order valence-corrected chi connectivity index (χ2v) is 7.12. The van der Waals surface area contributed by atoms with Gasteiger partial charge in [-0.3, -0.25) is 0 Å². The smallest absolute Gasteiger partial charge is 0.232 e. The summed E-state index contributed by atoms with van der Waals surface area (Å²) in [6.45, 7) is 4.64. The van der Waals surface area contributed by atoms with Gasteiger partial charge < -0.3 is 4.74 Å². The van der Waals surface area contributed by atoms with Crippen LogP contribution in [0.3, 0.4) is 0 Å². The first-order chi connectivity index (χ1) is 9.13. The van der Waals surface area contributed by atoms with Gasteiger partial charge in [0, 0.05) is 12.2 Å². The lowest BCUT2D eigenvalue weighted by Crippen LogP contribution is -2.29. The molecular weight excluding hydrogens is 280 g/mol. The molecule has 0 radical (unpaired) electrons. The number of halogens is 1. The number of rotatable bonds is 2. The minimum absolute atomic E-state index is 0.280. The van der Waals surface area contributed by atoms with Crippen molar-refractivity contribution < 1.29 is 4.74 Å². The highest BCUT2D eigenvalue weighted by atomic mass is 35.5. The van der Waals surface area contributed by atoms with Gasteiger partial charge >= 0.3 is 0 Å². The fourth-order valence-electron chi connectivity index (χ4n) is 2.85. The van der Waals surface area contributed by atoms with Crippen molar-refractivity contribution in [3.8, 4) is 5.88 Å². The molecule has 3 rings (SSSR count). The van der Waals surface area contributed by atoms with Gasteiger partial charge in [0.1, 0.15) is 6.10 Å². The van der Waals surface area contributed by atoms with E-state index in [2.05, 4.69) is 23.8 Å². The summed E-state index contributed by atoms with van der Waals surface area (Å²) < 4.78 is 6.14. The fraction of sp³-hybridized carbons (Fsp3) is 0.714. The van der Waals surface area contributed by atoms with Crippen molar-refractivity contribution in [2.24, 2.45) is 11.8 Å². The van der Waals surface area contributed by atoms with Crippen molar-refractivity contribution in [2.75, 3.05) is 5.75 Å². The third kappa shape index (κ3) is 2.84. The Kier molecular flexibility index (Phi) is 3.90. The average Bonchev–Trinajstić information content (AvgIpc) is 2.82. The van der Waals surface area contributed by atoms with E-state index in [-0.39, 0.29) is 6.10 Å². The van der Waals surface area contributed by atoms with Crippen molar-refractivity contribution in [3.05, 3.63) is 11.0 Å². The molecule has 1 aromatic rings. The first-order valence-electron chi connectivity index (χ1n) is 6.99. The summed E-state index contributed by atoms with van der Waals surface area (Å²) in [7, 11) is 0. The highest BCUT2D eigenvalue weighted by Crippen LogP contribution is 2.39. The van der Waals surface area contributed by atoms with Crippen LogP contribution in [0.4, 0.5) is 0 Å². The Morgan fingerprint density at radius 2 is 2.05 bits per heavy atom. The van der Waals surface area contributed by atoms with E-state index in [4.69, 9.17) is 16.3 Å². The summed E-state index contributed by atoms with van der Waals surface area (Å²) in [5.41, 5.74) is 1.05. The van der Waals surface area contributed by atoms with Crippen LogP contribution in [0.15, 0.2) is 4.90 Å². The number of aryl methyl sites for hydroxylation is 1. The lowest BCUT2D eigenvalue weighted by Gasteiger charge is -2.32. The molecule has 3 atom stereocenters. The molecule has 3 nitrogen and oxygen atoms in total. The van der Waals surface area contributed by atoms with Gasteiger partial charge in [0.15, 0.2) is 0 Å². The minimum atomic E-state index is 0.280. The normalized spacial score (nSPS) is 30.2. The maximum absolute atomic E-state index is 6.14. The topological polar surface area (TPSA) is 35.0 Å². The highest BCUT2D eigenvalue weighted by molar-refractivity contribution is 7.99. The predicted octanol–water partition coefficient (Wildman–Crippen LogP) is 3.98. The molecule has 1 aliphatic carbocycles. The second kappa shape index (κ2) is 5.49. The number of aromatic nitrogens is 2. The van der Waals surface area contributed by atoms with E-state index in [1.54, 1.807) is 11.8 Å². The van der Waals surface area contributed by atoms with Crippen LogP contribution in [-0.4, -0.2) is 21.8 Å². The van der Waals surface area contributed by atoms with E-state index in [9.17, 15) is 0 Å². The number of ether oxygens (including phenoxy) is 1. The highest BCUT2D eigenvalue weighted by Gasteiger charge is 2.28. The molecule has 0 spiro atoms. The third-order valence-corrected chi connectivity index (χ3v) is 5.57. The van der Waals surface area contributed by atoms with Crippen LogP contribution >= 0.6 is 23.4 Å². The van der Waals surface area contributed by atoms with Gasteiger partial charge in [0.25, 0.3) is 0 Å². The van der Waals surface area contributed by atoms with Gasteiger partial charge in [-0.25, -0.2) is 4.98 Å². The Hall–Kier alpha value is -0.480. The molecule has 5 heteroatoms. The first kappa shape index (κ1) is 13.5. The molecule has 1 aliphatic heterocycles. The summed E-state index contributed by atoms with van der Waals surface area (Å²) >= 11 is 7.77. The molecule has 0 amide bonds.